The lowest BCUT2D eigenvalue weighted by atomic mass is 9.49. The summed E-state index contributed by atoms with van der Waals surface area (Å²) in [5.41, 5.74) is 4.27. The number of amides is 4. The Hall–Kier alpha value is -5.59. The van der Waals surface area contributed by atoms with Gasteiger partial charge in [-0.15, -0.1) is 0 Å². The third-order valence-electron chi connectivity index (χ3n) is 12.0. The van der Waals surface area contributed by atoms with Crippen LogP contribution in [0.3, 0.4) is 0 Å². The van der Waals surface area contributed by atoms with Gasteiger partial charge in [0.2, 0.25) is 11.8 Å². The van der Waals surface area contributed by atoms with Gasteiger partial charge in [-0.3, -0.25) is 29.5 Å². The summed E-state index contributed by atoms with van der Waals surface area (Å²) in [5, 5.41) is 11.6. The van der Waals surface area contributed by atoms with E-state index in [1.54, 1.807) is 36.4 Å². The van der Waals surface area contributed by atoms with Gasteiger partial charge in [-0.05, 0) is 103 Å². The highest BCUT2D eigenvalue weighted by atomic mass is 35.5. The topological polar surface area (TPSA) is 119 Å². The van der Waals surface area contributed by atoms with Crippen LogP contribution >= 0.6 is 11.6 Å². The highest BCUT2D eigenvalue weighted by Gasteiger charge is 2.70. The standard InChI is InChI=1S/C42H35ClF2N4O6/c43-25-4-2-24(3-5-25)42-33(39(52)49(41(42)54)46-27-8-6-26(44)7-9-27)22-32-30(37(42)23-1-16-35(50)34(45)21-23)14-15-31-36(32)40(53)48(38(31)51)29-12-10-28(11-13-29)47-17-19-55-20-18-47/h1-14,16,21,31-33,36-37,46,50H,15,17-20,22H2/t31-,32+,33-,36-,37-,42+/m0/s1. The number of phenolic OH excluding ortho intramolecular Hbond substituents is 1. The number of hydrazine groups is 1. The Balaban J connectivity index is 1.16. The van der Waals surface area contributed by atoms with E-state index in [0.29, 0.717) is 40.6 Å². The smallest absolute Gasteiger partial charge is 0.260 e. The quantitative estimate of drug-likeness (QED) is 0.172. The fraction of sp³-hybridized carbons (Fsp3) is 0.286. The predicted molar refractivity (Wildman–Crippen MR) is 199 cm³/mol. The van der Waals surface area contributed by atoms with Crippen molar-refractivity contribution in [3.63, 3.8) is 0 Å². The summed E-state index contributed by atoms with van der Waals surface area (Å²) >= 11 is 6.33. The fourth-order valence-electron chi connectivity index (χ4n) is 9.62. The predicted octanol–water partition coefficient (Wildman–Crippen LogP) is 6.35. The van der Waals surface area contributed by atoms with Crippen LogP contribution in [0.15, 0.2) is 103 Å². The number of carbonyl (C=O) groups is 4. The molecule has 5 aliphatic rings. The number of nitrogens with zero attached hydrogens (tertiary/aromatic N) is 3. The van der Waals surface area contributed by atoms with Crippen molar-refractivity contribution < 1.29 is 37.8 Å². The number of anilines is 3. The van der Waals surface area contributed by atoms with Gasteiger partial charge in [0.1, 0.15) is 5.82 Å². The number of hydrogen-bond donors (Lipinski definition) is 2. The number of benzene rings is 4. The molecule has 280 valence electrons. The van der Waals surface area contributed by atoms with E-state index in [2.05, 4.69) is 10.3 Å². The molecule has 0 aromatic heterocycles. The summed E-state index contributed by atoms with van der Waals surface area (Å²) in [7, 11) is 0. The van der Waals surface area contributed by atoms with E-state index < -0.39 is 70.1 Å². The number of halogens is 3. The number of nitrogens with one attached hydrogen (secondary N) is 1. The molecule has 0 bridgehead atoms. The summed E-state index contributed by atoms with van der Waals surface area (Å²) < 4.78 is 34.7. The van der Waals surface area contributed by atoms with Gasteiger partial charge in [-0.2, -0.15) is 5.01 Å². The Kier molecular flexibility index (Phi) is 8.50. The molecule has 3 aliphatic heterocycles. The maximum Gasteiger partial charge on any atom is 0.260 e. The van der Waals surface area contributed by atoms with Crippen molar-refractivity contribution in [3.05, 3.63) is 130 Å². The monoisotopic (exact) mass is 764 g/mol. The Labute approximate surface area is 319 Å². The van der Waals surface area contributed by atoms with E-state index in [1.165, 1.54) is 41.3 Å². The molecule has 3 saturated heterocycles. The SMILES string of the molecule is O=C1[C@@H]2C[C@@H]3C(=CC[C@@H]4C(=O)N(c5ccc(N6CCOCC6)cc5)C(=O)[C@@H]43)[C@H](c3ccc(O)c(F)c3)[C@]2(c2ccc(Cl)cc2)C(=O)N1Nc1ccc(F)cc1. The van der Waals surface area contributed by atoms with Crippen LogP contribution in [-0.2, 0) is 29.3 Å². The number of phenols is 1. The molecule has 4 fully saturated rings. The van der Waals surface area contributed by atoms with E-state index >= 15 is 9.18 Å². The van der Waals surface area contributed by atoms with Crippen molar-refractivity contribution in [1.29, 1.82) is 0 Å². The van der Waals surface area contributed by atoms with Crippen LogP contribution in [0.25, 0.3) is 0 Å². The molecule has 2 aliphatic carbocycles. The van der Waals surface area contributed by atoms with Gasteiger partial charge in [-0.25, -0.2) is 8.78 Å². The average molecular weight is 765 g/mol. The normalized spacial score (nSPS) is 27.5. The number of morpholine rings is 1. The lowest BCUT2D eigenvalue weighted by molar-refractivity contribution is -0.138. The number of carbonyl (C=O) groups excluding carboxylic acids is 4. The van der Waals surface area contributed by atoms with Crippen molar-refractivity contribution in [3.8, 4) is 5.75 Å². The lowest BCUT2D eigenvalue weighted by Crippen LogP contribution is -2.53. The molecule has 0 unspecified atom stereocenters. The molecule has 3 heterocycles. The van der Waals surface area contributed by atoms with Crippen molar-refractivity contribution in [2.24, 2.45) is 23.7 Å². The summed E-state index contributed by atoms with van der Waals surface area (Å²) in [6, 6.07) is 22.9. The van der Waals surface area contributed by atoms with Crippen LogP contribution in [-0.4, -0.2) is 60.0 Å². The second kappa shape index (κ2) is 13.3. The Morgan fingerprint density at radius 3 is 2.18 bits per heavy atom. The third-order valence-corrected chi connectivity index (χ3v) is 12.3. The first-order valence-corrected chi connectivity index (χ1v) is 18.6. The maximum absolute atomic E-state index is 15.4. The van der Waals surface area contributed by atoms with E-state index in [4.69, 9.17) is 16.3 Å². The van der Waals surface area contributed by atoms with Gasteiger partial charge in [0, 0.05) is 29.7 Å². The molecule has 0 radical (unpaired) electrons. The van der Waals surface area contributed by atoms with Crippen molar-refractivity contribution in [1.82, 2.24) is 5.01 Å². The molecule has 55 heavy (non-hydrogen) atoms. The Bertz CT molecular complexity index is 2260. The second-order valence-electron chi connectivity index (χ2n) is 14.7. The van der Waals surface area contributed by atoms with E-state index in [0.717, 1.165) is 29.9 Å². The number of allylic oxidation sites excluding steroid dienone is 2. The number of aromatic hydroxyl groups is 1. The van der Waals surface area contributed by atoms with Gasteiger partial charge >= 0.3 is 0 Å². The zero-order valence-corrected chi connectivity index (χ0v) is 30.1. The van der Waals surface area contributed by atoms with E-state index in [-0.39, 0.29) is 24.4 Å². The minimum Gasteiger partial charge on any atom is -0.505 e. The van der Waals surface area contributed by atoms with Gasteiger partial charge in [-0.1, -0.05) is 41.4 Å². The van der Waals surface area contributed by atoms with Crippen molar-refractivity contribution in [2.75, 3.05) is 41.5 Å². The lowest BCUT2D eigenvalue weighted by Gasteiger charge is -2.50. The second-order valence-corrected chi connectivity index (χ2v) is 15.1. The highest BCUT2D eigenvalue weighted by Crippen LogP contribution is 2.64. The van der Waals surface area contributed by atoms with Crippen LogP contribution in [0.5, 0.6) is 5.75 Å². The molecule has 4 aromatic rings. The first kappa shape index (κ1) is 35.1. The number of ether oxygens (including phenoxy) is 1. The minimum atomic E-state index is -1.67. The summed E-state index contributed by atoms with van der Waals surface area (Å²) in [5.74, 6) is -8.36. The Morgan fingerprint density at radius 2 is 1.49 bits per heavy atom. The first-order valence-electron chi connectivity index (χ1n) is 18.2. The van der Waals surface area contributed by atoms with Gasteiger partial charge in [0.05, 0.1) is 47.8 Å². The summed E-state index contributed by atoms with van der Waals surface area (Å²) in [4.78, 5) is 62.2. The number of hydrogen-bond acceptors (Lipinski definition) is 8. The van der Waals surface area contributed by atoms with E-state index in [9.17, 15) is 23.9 Å². The number of rotatable bonds is 6. The highest BCUT2D eigenvalue weighted by molar-refractivity contribution is 6.30. The average Bonchev–Trinajstić information content (AvgIpc) is 3.58. The molecule has 1 saturated carbocycles. The van der Waals surface area contributed by atoms with Crippen LogP contribution < -0.4 is 15.2 Å². The summed E-state index contributed by atoms with van der Waals surface area (Å²) in [6.07, 6.45) is 2.09. The van der Waals surface area contributed by atoms with Crippen LogP contribution in [0.4, 0.5) is 25.8 Å². The van der Waals surface area contributed by atoms with Crippen LogP contribution in [0.2, 0.25) is 5.02 Å². The van der Waals surface area contributed by atoms with Crippen molar-refractivity contribution in [2.45, 2.75) is 24.2 Å². The molecule has 2 N–H and O–H groups in total. The molecule has 13 heteroatoms. The number of imide groups is 2. The molecule has 0 spiro atoms. The van der Waals surface area contributed by atoms with Crippen molar-refractivity contribution >= 4 is 52.3 Å². The zero-order valence-electron chi connectivity index (χ0n) is 29.3. The molecule has 6 atom stereocenters. The Morgan fingerprint density at radius 1 is 0.800 bits per heavy atom. The minimum absolute atomic E-state index is 0.0295. The van der Waals surface area contributed by atoms with Gasteiger partial charge in [0.25, 0.3) is 11.8 Å². The summed E-state index contributed by atoms with van der Waals surface area (Å²) in [6.45, 7) is 2.67. The molecular formula is C42H35ClF2N4O6. The zero-order chi connectivity index (χ0) is 38.2. The molecule has 10 nitrogen and oxygen atoms in total. The first-order chi connectivity index (χ1) is 26.6. The fourth-order valence-corrected chi connectivity index (χ4v) is 9.75. The van der Waals surface area contributed by atoms with Gasteiger partial charge < -0.3 is 14.7 Å². The molecular weight excluding hydrogens is 730 g/mol. The van der Waals surface area contributed by atoms with E-state index in [1.807, 2.05) is 18.2 Å². The largest absolute Gasteiger partial charge is 0.505 e. The maximum atomic E-state index is 15.4. The molecule has 9 rings (SSSR count). The van der Waals surface area contributed by atoms with Crippen LogP contribution in [0, 0.1) is 35.3 Å². The van der Waals surface area contributed by atoms with Crippen LogP contribution in [0.1, 0.15) is 29.9 Å². The molecule has 4 aromatic carbocycles. The number of fused-ring (bicyclic) bond motifs is 4. The molecule has 4 amide bonds. The van der Waals surface area contributed by atoms with Gasteiger partial charge in [0.15, 0.2) is 11.6 Å². The third kappa shape index (κ3) is 5.44.